The van der Waals surface area contributed by atoms with E-state index in [1.807, 2.05) is 41.3 Å². The lowest BCUT2D eigenvalue weighted by Crippen LogP contribution is -2.45. The molecule has 0 aliphatic carbocycles. The lowest BCUT2D eigenvalue weighted by atomic mass is 10.1. The Kier molecular flexibility index (Phi) is 6.04. The first kappa shape index (κ1) is 18.2. The normalized spacial score (nSPS) is 17.8. The molecule has 6 heteroatoms. The number of hydrogen-bond acceptors (Lipinski definition) is 5. The minimum absolute atomic E-state index is 0.0767. The van der Waals surface area contributed by atoms with Crippen LogP contribution in [0, 0.1) is 5.92 Å². The number of nitrogens with zero attached hydrogens (tertiary/aromatic N) is 3. The van der Waals surface area contributed by atoms with E-state index in [4.69, 9.17) is 0 Å². The van der Waals surface area contributed by atoms with Gasteiger partial charge in [0.25, 0.3) is 0 Å². The van der Waals surface area contributed by atoms with Gasteiger partial charge >= 0.3 is 0 Å². The van der Waals surface area contributed by atoms with Crippen molar-refractivity contribution in [1.29, 1.82) is 0 Å². The lowest BCUT2D eigenvalue weighted by Gasteiger charge is -2.24. The Hall–Kier alpha value is -2.63. The molecule has 138 valence electrons. The van der Waals surface area contributed by atoms with Gasteiger partial charge in [-0.15, -0.1) is 0 Å². The average molecular weight is 353 g/mol. The van der Waals surface area contributed by atoms with E-state index in [0.717, 1.165) is 43.9 Å². The van der Waals surface area contributed by atoms with Crippen LogP contribution in [0.4, 0.5) is 17.5 Å². The first-order chi connectivity index (χ1) is 12.7. The summed E-state index contributed by atoms with van der Waals surface area (Å²) in [6, 6.07) is 11.6. The maximum Gasteiger partial charge on any atom is 0.242 e. The SMILES string of the molecule is CCC(C)CNC(=O)[C@@H]1CCCN1c1nccc(Nc2ccccc2)n1. The van der Waals surface area contributed by atoms with Gasteiger partial charge in [0.15, 0.2) is 0 Å². The van der Waals surface area contributed by atoms with Gasteiger partial charge in [0.1, 0.15) is 11.9 Å². The van der Waals surface area contributed by atoms with Crippen molar-refractivity contribution in [1.82, 2.24) is 15.3 Å². The topological polar surface area (TPSA) is 70.2 Å². The van der Waals surface area contributed by atoms with Gasteiger partial charge < -0.3 is 15.5 Å². The number of anilines is 3. The molecule has 0 saturated carbocycles. The second-order valence-electron chi connectivity index (χ2n) is 6.84. The van der Waals surface area contributed by atoms with E-state index in [1.54, 1.807) is 6.20 Å². The highest BCUT2D eigenvalue weighted by Gasteiger charge is 2.32. The molecule has 2 atom stereocenters. The molecule has 0 bridgehead atoms. The third-order valence-corrected chi connectivity index (χ3v) is 4.82. The molecule has 26 heavy (non-hydrogen) atoms. The molecule has 1 unspecified atom stereocenters. The summed E-state index contributed by atoms with van der Waals surface area (Å²) in [5.74, 6) is 1.90. The number of nitrogens with one attached hydrogen (secondary N) is 2. The zero-order valence-electron chi connectivity index (χ0n) is 15.5. The largest absolute Gasteiger partial charge is 0.354 e. The molecule has 1 aliphatic heterocycles. The van der Waals surface area contributed by atoms with Gasteiger partial charge in [-0.3, -0.25) is 4.79 Å². The summed E-state index contributed by atoms with van der Waals surface area (Å²) < 4.78 is 0. The van der Waals surface area contributed by atoms with Crippen LogP contribution in [0.15, 0.2) is 42.6 Å². The van der Waals surface area contributed by atoms with Gasteiger partial charge in [0.2, 0.25) is 11.9 Å². The summed E-state index contributed by atoms with van der Waals surface area (Å²) in [6.45, 7) is 5.80. The maximum absolute atomic E-state index is 12.6. The second-order valence-corrected chi connectivity index (χ2v) is 6.84. The molecule has 1 saturated heterocycles. The van der Waals surface area contributed by atoms with E-state index in [0.29, 0.717) is 11.9 Å². The van der Waals surface area contributed by atoms with Crippen molar-refractivity contribution in [3.8, 4) is 0 Å². The van der Waals surface area contributed by atoms with Gasteiger partial charge in [-0.2, -0.15) is 4.98 Å². The third-order valence-electron chi connectivity index (χ3n) is 4.82. The number of benzene rings is 1. The Bertz CT molecular complexity index is 721. The van der Waals surface area contributed by atoms with Crippen molar-refractivity contribution in [2.24, 2.45) is 5.92 Å². The number of carbonyl (C=O) groups is 1. The average Bonchev–Trinajstić information content (AvgIpc) is 3.17. The number of amides is 1. The molecule has 2 N–H and O–H groups in total. The molecule has 2 aromatic rings. The molecule has 6 nitrogen and oxygen atoms in total. The fourth-order valence-electron chi connectivity index (χ4n) is 3.04. The van der Waals surface area contributed by atoms with Crippen LogP contribution in [0.5, 0.6) is 0 Å². The molecular weight excluding hydrogens is 326 g/mol. The molecule has 1 aliphatic rings. The highest BCUT2D eigenvalue weighted by atomic mass is 16.2. The van der Waals surface area contributed by atoms with Crippen molar-refractivity contribution in [3.05, 3.63) is 42.6 Å². The summed E-state index contributed by atoms with van der Waals surface area (Å²) in [7, 11) is 0. The Morgan fingerprint density at radius 1 is 1.31 bits per heavy atom. The molecule has 1 fully saturated rings. The lowest BCUT2D eigenvalue weighted by molar-refractivity contribution is -0.122. The summed E-state index contributed by atoms with van der Waals surface area (Å²) in [5, 5.41) is 6.36. The number of para-hydroxylation sites is 1. The number of carbonyl (C=O) groups excluding carboxylic acids is 1. The number of hydrogen-bond donors (Lipinski definition) is 2. The quantitative estimate of drug-likeness (QED) is 0.799. The smallest absolute Gasteiger partial charge is 0.242 e. The van der Waals surface area contributed by atoms with Crippen molar-refractivity contribution >= 4 is 23.4 Å². The van der Waals surface area contributed by atoms with Crippen LogP contribution in [0.2, 0.25) is 0 Å². The predicted molar refractivity (Wildman–Crippen MR) is 105 cm³/mol. The zero-order valence-corrected chi connectivity index (χ0v) is 15.5. The van der Waals surface area contributed by atoms with Crippen molar-refractivity contribution in [3.63, 3.8) is 0 Å². The minimum Gasteiger partial charge on any atom is -0.354 e. The van der Waals surface area contributed by atoms with E-state index >= 15 is 0 Å². The zero-order chi connectivity index (χ0) is 18.4. The van der Waals surface area contributed by atoms with Crippen LogP contribution in [-0.4, -0.2) is 35.0 Å². The Balaban J connectivity index is 1.69. The summed E-state index contributed by atoms with van der Waals surface area (Å²) in [4.78, 5) is 23.6. The summed E-state index contributed by atoms with van der Waals surface area (Å²) in [5.41, 5.74) is 0.974. The van der Waals surface area contributed by atoms with Crippen LogP contribution in [0.25, 0.3) is 0 Å². The summed E-state index contributed by atoms with van der Waals surface area (Å²) in [6.07, 6.45) is 4.61. The van der Waals surface area contributed by atoms with Crippen LogP contribution >= 0.6 is 0 Å². The maximum atomic E-state index is 12.6. The molecule has 1 aromatic heterocycles. The Labute approximate surface area is 155 Å². The van der Waals surface area contributed by atoms with Gasteiger partial charge in [0, 0.05) is 25.0 Å². The van der Waals surface area contributed by atoms with Gasteiger partial charge in [0.05, 0.1) is 0 Å². The van der Waals surface area contributed by atoms with Crippen molar-refractivity contribution in [2.45, 2.75) is 39.2 Å². The fraction of sp³-hybridized carbons (Fsp3) is 0.450. The number of rotatable bonds is 7. The minimum atomic E-state index is -0.189. The first-order valence-corrected chi connectivity index (χ1v) is 9.37. The van der Waals surface area contributed by atoms with Gasteiger partial charge in [-0.05, 0) is 37.0 Å². The highest BCUT2D eigenvalue weighted by molar-refractivity contribution is 5.85. The molecule has 0 spiro atoms. The molecule has 2 heterocycles. The summed E-state index contributed by atoms with van der Waals surface area (Å²) >= 11 is 0. The van der Waals surface area contributed by atoms with E-state index < -0.39 is 0 Å². The second kappa shape index (κ2) is 8.65. The first-order valence-electron chi connectivity index (χ1n) is 9.37. The van der Waals surface area contributed by atoms with Gasteiger partial charge in [-0.1, -0.05) is 38.5 Å². The van der Waals surface area contributed by atoms with Crippen LogP contribution < -0.4 is 15.5 Å². The van der Waals surface area contributed by atoms with Gasteiger partial charge in [-0.25, -0.2) is 4.98 Å². The number of aromatic nitrogens is 2. The molecule has 1 aromatic carbocycles. The van der Waals surface area contributed by atoms with E-state index in [9.17, 15) is 4.79 Å². The molecular formula is C20H27N5O. The van der Waals surface area contributed by atoms with E-state index in [2.05, 4.69) is 34.4 Å². The van der Waals surface area contributed by atoms with E-state index in [-0.39, 0.29) is 11.9 Å². The predicted octanol–water partition coefficient (Wildman–Crippen LogP) is 3.35. The van der Waals surface area contributed by atoms with Crippen LogP contribution in [0.3, 0.4) is 0 Å². The van der Waals surface area contributed by atoms with Crippen LogP contribution in [0.1, 0.15) is 33.1 Å². The third kappa shape index (κ3) is 4.50. The van der Waals surface area contributed by atoms with Crippen molar-refractivity contribution in [2.75, 3.05) is 23.3 Å². The van der Waals surface area contributed by atoms with Crippen molar-refractivity contribution < 1.29 is 4.79 Å². The Morgan fingerprint density at radius 2 is 2.12 bits per heavy atom. The fourth-order valence-corrected chi connectivity index (χ4v) is 3.04. The molecule has 0 radical (unpaired) electrons. The van der Waals surface area contributed by atoms with E-state index in [1.165, 1.54) is 0 Å². The standard InChI is InChI=1S/C20H27N5O/c1-3-15(2)14-22-19(26)17-10-7-13-25(17)20-21-12-11-18(24-20)23-16-8-5-4-6-9-16/h4-6,8-9,11-12,15,17H,3,7,10,13-14H2,1-2H3,(H,22,26)(H,21,23,24)/t15?,17-/m0/s1. The molecule has 3 rings (SSSR count). The Morgan fingerprint density at radius 3 is 2.88 bits per heavy atom. The van der Waals surface area contributed by atoms with Crippen LogP contribution in [-0.2, 0) is 4.79 Å². The highest BCUT2D eigenvalue weighted by Crippen LogP contribution is 2.24. The monoisotopic (exact) mass is 353 g/mol. The molecule has 1 amide bonds.